The first-order valence-corrected chi connectivity index (χ1v) is 19.2. The molecule has 9 rings (SSSR count). The van der Waals surface area contributed by atoms with Crippen LogP contribution in [0.5, 0.6) is 0 Å². The van der Waals surface area contributed by atoms with Crippen LogP contribution in [0.3, 0.4) is 0 Å². The third kappa shape index (κ3) is 6.55. The predicted molar refractivity (Wildman–Crippen MR) is 205 cm³/mol. The molecule has 16 atom stereocenters. The molecule has 3 aromatic heterocycles. The quantitative estimate of drug-likeness (QED) is 0.0961. The van der Waals surface area contributed by atoms with Crippen LogP contribution in [-0.2, 0) is 37.9 Å². The summed E-state index contributed by atoms with van der Waals surface area (Å²) in [6.07, 6.45) is -14.2. The largest absolute Gasteiger partial charge is 0.385 e. The van der Waals surface area contributed by atoms with Crippen molar-refractivity contribution in [3.63, 3.8) is 0 Å². The van der Waals surface area contributed by atoms with Crippen molar-refractivity contribution >= 4 is 46.4 Å². The average molecular weight is 839 g/mol. The molecular weight excluding hydrogens is 792 g/mol. The van der Waals surface area contributed by atoms with Crippen LogP contribution in [0, 0.1) is 0 Å². The minimum Gasteiger partial charge on any atom is -0.385 e. The van der Waals surface area contributed by atoms with Gasteiger partial charge in [0.2, 0.25) is 0 Å². The van der Waals surface area contributed by atoms with Gasteiger partial charge in [-0.25, -0.2) is 9.97 Å². The molecular formula is C40H46N4O16. The van der Waals surface area contributed by atoms with E-state index < -0.39 is 98.4 Å². The van der Waals surface area contributed by atoms with Crippen molar-refractivity contribution in [3.05, 3.63) is 69.3 Å². The maximum Gasteiger partial charge on any atom is 0.184 e. The molecule has 3 aromatic rings. The lowest BCUT2D eigenvalue weighted by Crippen LogP contribution is -2.32. The van der Waals surface area contributed by atoms with E-state index >= 15 is 0 Å². The van der Waals surface area contributed by atoms with Gasteiger partial charge < -0.3 is 88.7 Å². The molecule has 0 amide bonds. The lowest BCUT2D eigenvalue weighted by Gasteiger charge is -2.21. The van der Waals surface area contributed by atoms with Gasteiger partial charge in [0.25, 0.3) is 0 Å². The van der Waals surface area contributed by atoms with Gasteiger partial charge in [0.1, 0.15) is 73.2 Å². The molecule has 20 heteroatoms. The maximum absolute atomic E-state index is 10.9. The number of rotatable bonds is 8. The monoisotopic (exact) mass is 838 g/mol. The van der Waals surface area contributed by atoms with Crippen LogP contribution in [0.25, 0.3) is 46.4 Å². The standard InChI is InChI=1S/C40H46N4O16/c1-53-33-25(45)37(49)57-29(33)21-13-5-7-15(41-13)22(30-34(54-2)26(46)38(50)58-30)17-9-11-19(43-17)24(32-36(56-4)28(48)40(52)60-32)20-12-10-18(44-20)23(16-8-6-14(21)42-16)31-35(55-3)27(47)39(51)59-31/h5-12,25-42,45-52H,1-4H3/t25-,26-,27-,28-,29-,30-,31-,32-,33-,34-,35-,36-,37+,38+,39+,40+/m1/s1. The Morgan fingerprint density at radius 1 is 0.400 bits per heavy atom. The van der Waals surface area contributed by atoms with Crippen molar-refractivity contribution in [2.45, 2.75) is 98.4 Å². The molecule has 0 aliphatic carbocycles. The number of aromatic amines is 2. The van der Waals surface area contributed by atoms with Gasteiger partial charge in [0.15, 0.2) is 25.2 Å². The summed E-state index contributed by atoms with van der Waals surface area (Å²) in [5.74, 6) is 0. The summed E-state index contributed by atoms with van der Waals surface area (Å²) in [7, 11) is 5.49. The smallest absolute Gasteiger partial charge is 0.184 e. The van der Waals surface area contributed by atoms with E-state index in [0.717, 1.165) is 0 Å². The Bertz CT molecular complexity index is 2220. The molecule has 4 saturated heterocycles. The molecule has 322 valence electrons. The summed E-state index contributed by atoms with van der Waals surface area (Å²) in [5, 5.41) is 86.6. The maximum atomic E-state index is 10.9. The number of hydrogen-bond donors (Lipinski definition) is 10. The molecule has 0 saturated carbocycles. The van der Waals surface area contributed by atoms with Gasteiger partial charge >= 0.3 is 0 Å². The molecule has 60 heavy (non-hydrogen) atoms. The number of nitrogens with one attached hydrogen (secondary N) is 2. The fraction of sp³-hybridized carbons (Fsp3) is 0.500. The van der Waals surface area contributed by atoms with Crippen molar-refractivity contribution in [2.24, 2.45) is 0 Å². The highest BCUT2D eigenvalue weighted by Crippen LogP contribution is 2.45. The summed E-state index contributed by atoms with van der Waals surface area (Å²) in [6, 6.07) is 6.89. The second-order valence-electron chi connectivity index (χ2n) is 15.2. The van der Waals surface area contributed by atoms with E-state index in [1.807, 2.05) is 0 Å². The zero-order valence-electron chi connectivity index (χ0n) is 32.6. The summed E-state index contributed by atoms with van der Waals surface area (Å²) < 4.78 is 46.4. The predicted octanol–water partition coefficient (Wildman–Crippen LogP) is -0.282. The highest BCUT2D eigenvalue weighted by molar-refractivity contribution is 5.84. The van der Waals surface area contributed by atoms with E-state index in [0.29, 0.717) is 55.7 Å². The Morgan fingerprint density at radius 2 is 0.650 bits per heavy atom. The Kier molecular flexibility index (Phi) is 11.0. The van der Waals surface area contributed by atoms with Crippen LogP contribution in [0.2, 0.25) is 0 Å². The van der Waals surface area contributed by atoms with Gasteiger partial charge in [-0.1, -0.05) is 0 Å². The van der Waals surface area contributed by atoms with E-state index in [2.05, 4.69) is 9.97 Å². The van der Waals surface area contributed by atoms with E-state index in [-0.39, 0.29) is 11.4 Å². The third-order valence-electron chi connectivity index (χ3n) is 12.0. The van der Waals surface area contributed by atoms with E-state index in [9.17, 15) is 40.9 Å². The number of methoxy groups -OCH3 is 4. The summed E-state index contributed by atoms with van der Waals surface area (Å²) in [4.78, 5) is 16.8. The number of ether oxygens (including phenoxy) is 8. The Labute approximate surface area is 340 Å². The summed E-state index contributed by atoms with van der Waals surface area (Å²) >= 11 is 0. The highest BCUT2D eigenvalue weighted by atomic mass is 16.7. The molecule has 0 unspecified atom stereocenters. The van der Waals surface area contributed by atoms with Crippen molar-refractivity contribution in [1.82, 2.24) is 19.9 Å². The molecule has 6 aliphatic heterocycles. The molecule has 20 nitrogen and oxygen atoms in total. The fourth-order valence-electron chi connectivity index (χ4n) is 9.07. The van der Waals surface area contributed by atoms with E-state index in [4.69, 9.17) is 47.9 Å². The van der Waals surface area contributed by atoms with Crippen molar-refractivity contribution < 1.29 is 78.7 Å². The number of nitrogens with zero attached hydrogens (tertiary/aromatic N) is 2. The lowest BCUT2D eigenvalue weighted by molar-refractivity contribution is -0.128. The van der Waals surface area contributed by atoms with E-state index in [1.165, 1.54) is 28.4 Å². The van der Waals surface area contributed by atoms with Crippen molar-refractivity contribution in [2.75, 3.05) is 28.4 Å². The van der Waals surface area contributed by atoms with Crippen LogP contribution >= 0.6 is 0 Å². The van der Waals surface area contributed by atoms with Crippen LogP contribution in [0.1, 0.15) is 69.4 Å². The number of H-pyrrole nitrogens is 2. The van der Waals surface area contributed by atoms with E-state index in [1.54, 1.807) is 48.6 Å². The molecule has 9 heterocycles. The van der Waals surface area contributed by atoms with Gasteiger partial charge in [-0.3, -0.25) is 0 Å². The minimum absolute atomic E-state index is 0.284. The average Bonchev–Trinajstić information content (AvgIpc) is 4.11. The SMILES string of the molecule is CO[C@@H]1[C@@H](O)[C@@H](O)O[C@@H]1c1c2nc(c([C@H]3O[C@H](O)[C@H](O)[C@H]3OC)c3ccc([nH]3)c([C@H]3O[C@H](O)[C@H](O)[C@H]3OC)c3ccc([nH]3)c([C@H]3O[C@H](O)[C@H](O)[C@H]3OC)c3nc1C=C3)C=C2. The first kappa shape index (κ1) is 41.3. The molecule has 4 fully saturated rings. The van der Waals surface area contributed by atoms with Crippen molar-refractivity contribution in [3.8, 4) is 0 Å². The first-order chi connectivity index (χ1) is 28.9. The second kappa shape index (κ2) is 16.0. The number of aromatic nitrogens is 4. The molecule has 0 radical (unpaired) electrons. The zero-order chi connectivity index (χ0) is 42.3. The molecule has 8 bridgehead atoms. The van der Waals surface area contributed by atoms with Crippen LogP contribution in [-0.4, -0.2) is 163 Å². The number of hydrogen-bond acceptors (Lipinski definition) is 18. The van der Waals surface area contributed by atoms with Gasteiger partial charge in [0, 0.05) is 72.8 Å². The number of aliphatic hydroxyl groups excluding tert-OH is 8. The van der Waals surface area contributed by atoms with Crippen LogP contribution in [0.15, 0.2) is 24.3 Å². The number of aliphatic hydroxyl groups is 8. The first-order valence-electron chi connectivity index (χ1n) is 19.2. The molecule has 10 N–H and O–H groups in total. The molecule has 6 aliphatic rings. The van der Waals surface area contributed by atoms with Gasteiger partial charge in [-0.15, -0.1) is 0 Å². The van der Waals surface area contributed by atoms with Crippen LogP contribution in [0.4, 0.5) is 0 Å². The van der Waals surface area contributed by atoms with Gasteiger partial charge in [-0.2, -0.15) is 0 Å². The van der Waals surface area contributed by atoms with Gasteiger partial charge in [0.05, 0.1) is 22.8 Å². The minimum atomic E-state index is -1.63. The molecule has 0 aromatic carbocycles. The second-order valence-corrected chi connectivity index (χ2v) is 15.2. The number of fused-ring (bicyclic) bond motifs is 8. The van der Waals surface area contributed by atoms with Crippen LogP contribution < -0.4 is 0 Å². The fourth-order valence-corrected chi connectivity index (χ4v) is 9.07. The Morgan fingerprint density at radius 3 is 0.950 bits per heavy atom. The Hall–Kier alpha value is -4.04. The van der Waals surface area contributed by atoms with Crippen molar-refractivity contribution in [1.29, 1.82) is 0 Å². The van der Waals surface area contributed by atoms with Gasteiger partial charge in [-0.05, 0) is 48.6 Å². The molecule has 0 spiro atoms. The topological polar surface area (TPSA) is 293 Å². The summed E-state index contributed by atoms with van der Waals surface area (Å²) in [6.45, 7) is 0. The zero-order valence-corrected chi connectivity index (χ0v) is 32.6. The normalized spacial score (nSPS) is 37.5. The summed E-state index contributed by atoms with van der Waals surface area (Å²) in [5.41, 5.74) is 4.22. The highest BCUT2D eigenvalue weighted by Gasteiger charge is 2.50. The lowest BCUT2D eigenvalue weighted by atomic mass is 9.99. The third-order valence-corrected chi connectivity index (χ3v) is 12.0. The Balaban J connectivity index is 1.41.